The van der Waals surface area contributed by atoms with Crippen LogP contribution in [0.25, 0.3) is 0 Å². The molecule has 3 rings (SSSR count). The molecule has 1 fully saturated rings. The molecule has 1 aliphatic heterocycles. The monoisotopic (exact) mass is 446 g/mol. The third-order valence-electron chi connectivity index (χ3n) is 5.15. The predicted molar refractivity (Wildman–Crippen MR) is 118 cm³/mol. The third-order valence-corrected chi connectivity index (χ3v) is 5.15. The Kier molecular flexibility index (Phi) is 8.79. The summed E-state index contributed by atoms with van der Waals surface area (Å²) in [6.45, 7) is -0.142. The lowest BCUT2D eigenvalue weighted by Crippen LogP contribution is -2.47. The molecule has 1 amide bonds. The number of carbonyl (C=O) groups is 1. The molecule has 0 radical (unpaired) electrons. The first-order valence-corrected chi connectivity index (χ1v) is 10.5. The number of amides is 1. The van der Waals surface area contributed by atoms with Crippen molar-refractivity contribution in [2.24, 2.45) is 4.99 Å². The van der Waals surface area contributed by atoms with E-state index in [1.54, 1.807) is 25.2 Å². The molecule has 0 aliphatic carbocycles. The molecule has 1 heterocycles. The Morgan fingerprint density at radius 3 is 2.47 bits per heavy atom. The van der Waals surface area contributed by atoms with Crippen molar-refractivity contribution in [2.75, 3.05) is 39.9 Å². The van der Waals surface area contributed by atoms with Gasteiger partial charge in [0.15, 0.2) is 5.96 Å². The lowest BCUT2D eigenvalue weighted by molar-refractivity contribution is -0.136. The van der Waals surface area contributed by atoms with Crippen molar-refractivity contribution in [1.82, 2.24) is 15.5 Å². The standard InChI is InChI=1S/C23H28F2N4O3/c1-26-23(27-15-18-9-5-6-10-20(18)32-22(24)25)28-16-19(17-7-3-2-4-8-17)21(30)29-11-13-31-14-12-29/h2-10,19,22H,11-16H2,1H3,(H2,26,27,28). The van der Waals surface area contributed by atoms with Gasteiger partial charge >= 0.3 is 6.61 Å². The van der Waals surface area contributed by atoms with Crippen LogP contribution < -0.4 is 15.4 Å². The molecule has 9 heteroatoms. The zero-order valence-electron chi connectivity index (χ0n) is 18.0. The third kappa shape index (κ3) is 6.65. The van der Waals surface area contributed by atoms with E-state index >= 15 is 0 Å². The van der Waals surface area contributed by atoms with Gasteiger partial charge in [-0.25, -0.2) is 0 Å². The lowest BCUT2D eigenvalue weighted by atomic mass is 9.97. The minimum Gasteiger partial charge on any atom is -0.434 e. The number of aliphatic imine (C=N–C) groups is 1. The van der Waals surface area contributed by atoms with E-state index in [0.717, 1.165) is 5.56 Å². The second-order valence-corrected chi connectivity index (χ2v) is 7.19. The number of morpholine rings is 1. The number of guanidine groups is 1. The summed E-state index contributed by atoms with van der Waals surface area (Å²) >= 11 is 0. The smallest absolute Gasteiger partial charge is 0.387 e. The highest BCUT2D eigenvalue weighted by Crippen LogP contribution is 2.21. The van der Waals surface area contributed by atoms with Crippen LogP contribution in [0, 0.1) is 0 Å². The number of alkyl halides is 2. The van der Waals surface area contributed by atoms with Gasteiger partial charge in [0.05, 0.1) is 19.1 Å². The predicted octanol–water partition coefficient (Wildman–Crippen LogP) is 2.60. The number of para-hydroxylation sites is 1. The number of halogens is 2. The number of hydrogen-bond acceptors (Lipinski definition) is 4. The maximum Gasteiger partial charge on any atom is 0.387 e. The summed E-state index contributed by atoms with van der Waals surface area (Å²) in [5, 5.41) is 6.28. The van der Waals surface area contributed by atoms with Crippen LogP contribution in [-0.4, -0.2) is 63.3 Å². The minimum absolute atomic E-state index is 0.0260. The van der Waals surface area contributed by atoms with Crippen LogP contribution >= 0.6 is 0 Å². The highest BCUT2D eigenvalue weighted by Gasteiger charge is 2.27. The molecule has 0 spiro atoms. The fraction of sp³-hybridized carbons (Fsp3) is 0.391. The van der Waals surface area contributed by atoms with Gasteiger partial charge in [-0.1, -0.05) is 48.5 Å². The SMILES string of the molecule is CN=C(NCc1ccccc1OC(F)F)NCC(C(=O)N1CCOCC1)c1ccccc1. The van der Waals surface area contributed by atoms with Gasteiger partial charge in [-0.15, -0.1) is 0 Å². The average molecular weight is 446 g/mol. The van der Waals surface area contributed by atoms with Crippen molar-refractivity contribution >= 4 is 11.9 Å². The zero-order valence-corrected chi connectivity index (χ0v) is 18.0. The molecule has 0 bridgehead atoms. The Morgan fingerprint density at radius 1 is 1.09 bits per heavy atom. The molecule has 1 aliphatic rings. The molecule has 2 aromatic carbocycles. The van der Waals surface area contributed by atoms with Crippen molar-refractivity contribution in [3.63, 3.8) is 0 Å². The van der Waals surface area contributed by atoms with Gasteiger partial charge in [-0.2, -0.15) is 8.78 Å². The molecular weight excluding hydrogens is 418 g/mol. The summed E-state index contributed by atoms with van der Waals surface area (Å²) in [5.41, 5.74) is 1.47. The van der Waals surface area contributed by atoms with Crippen LogP contribution in [0.2, 0.25) is 0 Å². The number of ether oxygens (including phenoxy) is 2. The van der Waals surface area contributed by atoms with E-state index in [4.69, 9.17) is 4.74 Å². The number of rotatable bonds is 8. The molecule has 2 aromatic rings. The van der Waals surface area contributed by atoms with Crippen molar-refractivity contribution in [3.05, 3.63) is 65.7 Å². The molecule has 7 nitrogen and oxygen atoms in total. The molecule has 1 unspecified atom stereocenters. The van der Waals surface area contributed by atoms with Crippen LogP contribution in [-0.2, 0) is 16.1 Å². The number of benzene rings is 2. The molecule has 0 aromatic heterocycles. The summed E-state index contributed by atoms with van der Waals surface area (Å²) in [6, 6.07) is 16.2. The number of carbonyl (C=O) groups excluding carboxylic acids is 1. The largest absolute Gasteiger partial charge is 0.434 e. The van der Waals surface area contributed by atoms with E-state index in [2.05, 4.69) is 20.4 Å². The molecular formula is C23H28F2N4O3. The Labute approximate surface area is 186 Å². The topological polar surface area (TPSA) is 75.2 Å². The van der Waals surface area contributed by atoms with Crippen molar-refractivity contribution in [2.45, 2.75) is 19.1 Å². The Hall–Kier alpha value is -3.20. The van der Waals surface area contributed by atoms with Crippen LogP contribution in [0.3, 0.4) is 0 Å². The quantitative estimate of drug-likeness (QED) is 0.482. The van der Waals surface area contributed by atoms with Gasteiger partial charge < -0.3 is 25.0 Å². The maximum atomic E-state index is 13.2. The molecule has 2 N–H and O–H groups in total. The fourth-order valence-electron chi connectivity index (χ4n) is 3.50. The van der Waals surface area contributed by atoms with E-state index in [1.807, 2.05) is 35.2 Å². The summed E-state index contributed by atoms with van der Waals surface area (Å²) in [7, 11) is 1.61. The van der Waals surface area contributed by atoms with Gasteiger partial charge in [0.25, 0.3) is 0 Å². The highest BCUT2D eigenvalue weighted by atomic mass is 19.3. The van der Waals surface area contributed by atoms with E-state index in [0.29, 0.717) is 44.4 Å². The molecule has 32 heavy (non-hydrogen) atoms. The summed E-state index contributed by atoms with van der Waals surface area (Å²) < 4.78 is 35.2. The number of hydrogen-bond donors (Lipinski definition) is 2. The van der Waals surface area contributed by atoms with E-state index in [9.17, 15) is 13.6 Å². The maximum absolute atomic E-state index is 13.2. The van der Waals surface area contributed by atoms with E-state index in [-0.39, 0.29) is 18.2 Å². The van der Waals surface area contributed by atoms with Gasteiger partial charge in [0.1, 0.15) is 5.75 Å². The van der Waals surface area contributed by atoms with E-state index in [1.165, 1.54) is 6.07 Å². The first-order valence-electron chi connectivity index (χ1n) is 10.5. The van der Waals surface area contributed by atoms with Gasteiger partial charge in [0.2, 0.25) is 5.91 Å². The number of nitrogens with one attached hydrogen (secondary N) is 2. The fourth-order valence-corrected chi connectivity index (χ4v) is 3.50. The molecule has 172 valence electrons. The van der Waals surface area contributed by atoms with E-state index < -0.39 is 12.5 Å². The Morgan fingerprint density at radius 2 is 1.78 bits per heavy atom. The van der Waals surface area contributed by atoms with Gasteiger partial charge in [0, 0.05) is 38.8 Å². The first kappa shape index (κ1) is 23.5. The summed E-state index contributed by atoms with van der Waals surface area (Å²) in [4.78, 5) is 19.2. The average Bonchev–Trinajstić information content (AvgIpc) is 2.82. The number of nitrogens with zero attached hydrogens (tertiary/aromatic N) is 2. The van der Waals surface area contributed by atoms with Crippen LogP contribution in [0.5, 0.6) is 5.75 Å². The van der Waals surface area contributed by atoms with Crippen molar-refractivity contribution in [1.29, 1.82) is 0 Å². The molecule has 1 atom stereocenters. The van der Waals surface area contributed by atoms with Crippen molar-refractivity contribution in [3.8, 4) is 5.75 Å². The van der Waals surface area contributed by atoms with Crippen LogP contribution in [0.15, 0.2) is 59.6 Å². The zero-order chi connectivity index (χ0) is 22.8. The second kappa shape index (κ2) is 12.0. The van der Waals surface area contributed by atoms with Gasteiger partial charge in [-0.05, 0) is 11.6 Å². The lowest BCUT2D eigenvalue weighted by Gasteiger charge is -2.31. The van der Waals surface area contributed by atoms with Gasteiger partial charge in [-0.3, -0.25) is 9.79 Å². The second-order valence-electron chi connectivity index (χ2n) is 7.19. The minimum atomic E-state index is -2.90. The summed E-state index contributed by atoms with van der Waals surface area (Å²) in [5.74, 6) is 0.183. The van der Waals surface area contributed by atoms with Crippen LogP contribution in [0.4, 0.5) is 8.78 Å². The Balaban J connectivity index is 1.65. The first-order chi connectivity index (χ1) is 15.6. The van der Waals surface area contributed by atoms with Crippen molar-refractivity contribution < 1.29 is 23.0 Å². The summed E-state index contributed by atoms with van der Waals surface area (Å²) in [6.07, 6.45) is 0. The molecule has 1 saturated heterocycles. The molecule has 0 saturated carbocycles. The van der Waals surface area contributed by atoms with Crippen LogP contribution in [0.1, 0.15) is 17.0 Å². The normalized spacial score (nSPS) is 15.4. The highest BCUT2D eigenvalue weighted by molar-refractivity contribution is 5.86. The Bertz CT molecular complexity index is 890.